The Morgan fingerprint density at radius 3 is 2.23 bits per heavy atom. The van der Waals surface area contributed by atoms with Crippen molar-refractivity contribution in [2.24, 2.45) is 23.0 Å². The molecule has 3 saturated carbocycles. The number of carbonyl (C=O) groups excluding carboxylic acids is 1. The van der Waals surface area contributed by atoms with Crippen molar-refractivity contribution in [2.75, 3.05) is 7.05 Å². The fourth-order valence-electron chi connectivity index (χ4n) is 6.48. The van der Waals surface area contributed by atoms with Gasteiger partial charge in [0.2, 0.25) is 5.91 Å². The number of nitrogens with one attached hydrogen (secondary N) is 1. The van der Waals surface area contributed by atoms with Crippen LogP contribution in [0.15, 0.2) is 30.3 Å². The zero-order chi connectivity index (χ0) is 22.0. The normalized spacial score (nSPS) is 38.9. The summed E-state index contributed by atoms with van der Waals surface area (Å²) in [5.74, 6) is 0.492. The molecule has 5 unspecified atom stereocenters. The standard InChI is InChI=1S/C20H29NO2.C6H13N/c1-14-10-20(15-8-6-5-7-9-15)12-16(19(14,3)23)11-18(2,13-20)17(22)21-4;7-6-4-2-1-3-5-6/h5-9,14,16,23H,10-13H2,1-4H3,(H,21,22);6H,1-5,7H2. The van der Waals surface area contributed by atoms with E-state index in [2.05, 4.69) is 43.4 Å². The van der Waals surface area contributed by atoms with Crippen LogP contribution in [0.2, 0.25) is 0 Å². The number of amides is 1. The van der Waals surface area contributed by atoms with Gasteiger partial charge in [-0.15, -0.1) is 0 Å². The van der Waals surface area contributed by atoms with Crippen LogP contribution in [0.4, 0.5) is 0 Å². The summed E-state index contributed by atoms with van der Waals surface area (Å²) in [5.41, 5.74) is 5.83. The molecule has 0 aromatic heterocycles. The van der Waals surface area contributed by atoms with Crippen LogP contribution in [0.3, 0.4) is 0 Å². The number of hydrogen-bond donors (Lipinski definition) is 3. The van der Waals surface area contributed by atoms with Gasteiger partial charge in [0.05, 0.1) is 5.60 Å². The molecular weight excluding hydrogens is 372 g/mol. The van der Waals surface area contributed by atoms with E-state index in [1.807, 2.05) is 13.0 Å². The molecule has 168 valence electrons. The molecule has 1 amide bonds. The van der Waals surface area contributed by atoms with E-state index < -0.39 is 11.0 Å². The van der Waals surface area contributed by atoms with Crippen molar-refractivity contribution in [3.05, 3.63) is 35.9 Å². The van der Waals surface area contributed by atoms with Gasteiger partial charge in [0.25, 0.3) is 0 Å². The summed E-state index contributed by atoms with van der Waals surface area (Å²) in [7, 11) is 1.72. The van der Waals surface area contributed by atoms with Crippen LogP contribution in [0, 0.1) is 17.3 Å². The Hall–Kier alpha value is -1.39. The average molecular weight is 415 g/mol. The summed E-state index contributed by atoms with van der Waals surface area (Å²) in [5, 5.41) is 13.9. The SMILES string of the molecule is CNC(=O)C1(C)CC2CC(c3ccccc3)(CC(C)C2(C)O)C1.NC1CCCCC1. The van der Waals surface area contributed by atoms with Gasteiger partial charge in [0, 0.05) is 18.5 Å². The van der Waals surface area contributed by atoms with Gasteiger partial charge >= 0.3 is 0 Å². The molecule has 3 aliphatic carbocycles. The first-order chi connectivity index (χ1) is 14.1. The molecule has 2 bridgehead atoms. The second-order valence-corrected chi connectivity index (χ2v) is 10.8. The van der Waals surface area contributed by atoms with Crippen LogP contribution in [0.1, 0.15) is 84.1 Å². The van der Waals surface area contributed by atoms with Crippen LogP contribution in [0.25, 0.3) is 0 Å². The second-order valence-electron chi connectivity index (χ2n) is 10.8. The summed E-state index contributed by atoms with van der Waals surface area (Å²) < 4.78 is 0. The van der Waals surface area contributed by atoms with E-state index in [-0.39, 0.29) is 23.2 Å². The molecule has 0 radical (unpaired) electrons. The fourth-order valence-corrected chi connectivity index (χ4v) is 6.48. The topological polar surface area (TPSA) is 75.3 Å². The predicted molar refractivity (Wildman–Crippen MR) is 123 cm³/mol. The zero-order valence-electron chi connectivity index (χ0n) is 19.4. The lowest BCUT2D eigenvalue weighted by molar-refractivity contribution is -0.156. The highest BCUT2D eigenvalue weighted by molar-refractivity contribution is 5.82. The van der Waals surface area contributed by atoms with E-state index in [9.17, 15) is 9.90 Å². The average Bonchev–Trinajstić information content (AvgIpc) is 2.73. The first-order valence-electron chi connectivity index (χ1n) is 11.9. The predicted octanol–water partition coefficient (Wildman–Crippen LogP) is 4.55. The van der Waals surface area contributed by atoms with Gasteiger partial charge in [-0.1, -0.05) is 63.4 Å². The molecule has 5 atom stereocenters. The molecule has 30 heavy (non-hydrogen) atoms. The van der Waals surface area contributed by atoms with E-state index >= 15 is 0 Å². The van der Waals surface area contributed by atoms with Crippen LogP contribution in [0.5, 0.6) is 0 Å². The highest BCUT2D eigenvalue weighted by Gasteiger charge is 2.59. The Kier molecular flexibility index (Phi) is 6.98. The first kappa shape index (κ1) is 23.3. The van der Waals surface area contributed by atoms with Gasteiger partial charge in [-0.3, -0.25) is 4.79 Å². The summed E-state index contributed by atoms with van der Waals surface area (Å²) in [6.07, 6.45) is 10.2. The lowest BCUT2D eigenvalue weighted by atomic mass is 9.46. The summed E-state index contributed by atoms with van der Waals surface area (Å²) in [6.45, 7) is 6.20. The molecule has 0 aliphatic heterocycles. The molecule has 0 heterocycles. The van der Waals surface area contributed by atoms with Gasteiger partial charge in [-0.05, 0) is 68.3 Å². The highest BCUT2D eigenvalue weighted by atomic mass is 16.3. The Labute approximate surface area is 183 Å². The molecule has 0 saturated heterocycles. The van der Waals surface area contributed by atoms with Crippen molar-refractivity contribution < 1.29 is 9.90 Å². The first-order valence-corrected chi connectivity index (χ1v) is 11.9. The van der Waals surface area contributed by atoms with Crippen molar-refractivity contribution >= 4 is 5.91 Å². The molecule has 3 aliphatic rings. The summed E-state index contributed by atoms with van der Waals surface area (Å²) >= 11 is 0. The molecule has 3 fully saturated rings. The van der Waals surface area contributed by atoms with Crippen molar-refractivity contribution in [1.82, 2.24) is 5.32 Å². The third-order valence-electron chi connectivity index (χ3n) is 8.39. The van der Waals surface area contributed by atoms with Crippen LogP contribution < -0.4 is 11.1 Å². The minimum Gasteiger partial charge on any atom is -0.390 e. The molecule has 1 aromatic carbocycles. The third-order valence-corrected chi connectivity index (χ3v) is 8.39. The van der Waals surface area contributed by atoms with Gasteiger partial charge < -0.3 is 16.2 Å². The van der Waals surface area contributed by atoms with Crippen molar-refractivity contribution in [1.29, 1.82) is 0 Å². The lowest BCUT2D eigenvalue weighted by Gasteiger charge is -2.59. The number of aliphatic hydroxyl groups is 1. The van der Waals surface area contributed by atoms with Crippen molar-refractivity contribution in [2.45, 2.75) is 95.6 Å². The second kappa shape index (κ2) is 9.00. The molecule has 4 heteroatoms. The van der Waals surface area contributed by atoms with Crippen LogP contribution in [-0.4, -0.2) is 29.7 Å². The summed E-state index contributed by atoms with van der Waals surface area (Å²) in [4.78, 5) is 12.6. The monoisotopic (exact) mass is 414 g/mol. The Balaban J connectivity index is 0.000000310. The van der Waals surface area contributed by atoms with E-state index in [1.165, 1.54) is 37.7 Å². The van der Waals surface area contributed by atoms with E-state index in [0.717, 1.165) is 25.7 Å². The molecular formula is C26H42N2O2. The Morgan fingerprint density at radius 2 is 1.70 bits per heavy atom. The molecule has 4 nitrogen and oxygen atoms in total. The van der Waals surface area contributed by atoms with Gasteiger partial charge in [0.15, 0.2) is 0 Å². The van der Waals surface area contributed by atoms with Gasteiger partial charge in [-0.2, -0.15) is 0 Å². The highest BCUT2D eigenvalue weighted by Crippen LogP contribution is 2.60. The van der Waals surface area contributed by atoms with E-state index in [0.29, 0.717) is 6.04 Å². The van der Waals surface area contributed by atoms with Crippen LogP contribution in [-0.2, 0) is 10.2 Å². The number of fused-ring (bicyclic) bond motifs is 2. The molecule has 1 aromatic rings. The maximum Gasteiger partial charge on any atom is 0.225 e. The smallest absolute Gasteiger partial charge is 0.225 e. The lowest BCUT2D eigenvalue weighted by Crippen LogP contribution is -2.60. The maximum atomic E-state index is 12.6. The number of carbonyl (C=O) groups is 1. The van der Waals surface area contributed by atoms with Gasteiger partial charge in [0.1, 0.15) is 0 Å². The van der Waals surface area contributed by atoms with E-state index in [1.54, 1.807) is 7.05 Å². The molecule has 0 spiro atoms. The molecule has 4 rings (SSSR count). The zero-order valence-corrected chi connectivity index (χ0v) is 19.4. The summed E-state index contributed by atoms with van der Waals surface area (Å²) in [6, 6.07) is 11.1. The number of benzene rings is 1. The Morgan fingerprint density at radius 1 is 1.07 bits per heavy atom. The maximum absolute atomic E-state index is 12.6. The quantitative estimate of drug-likeness (QED) is 0.665. The van der Waals surface area contributed by atoms with Crippen molar-refractivity contribution in [3.8, 4) is 0 Å². The van der Waals surface area contributed by atoms with Crippen LogP contribution >= 0.6 is 0 Å². The van der Waals surface area contributed by atoms with Gasteiger partial charge in [-0.25, -0.2) is 0 Å². The minimum absolute atomic E-state index is 0.00685. The number of hydrogen-bond acceptors (Lipinski definition) is 3. The minimum atomic E-state index is -0.700. The fraction of sp³-hybridized carbons (Fsp3) is 0.731. The third kappa shape index (κ3) is 4.60. The molecule has 4 N–H and O–H groups in total. The Bertz CT molecular complexity index is 709. The number of rotatable bonds is 2. The largest absolute Gasteiger partial charge is 0.390 e. The van der Waals surface area contributed by atoms with Crippen molar-refractivity contribution in [3.63, 3.8) is 0 Å². The van der Waals surface area contributed by atoms with E-state index in [4.69, 9.17) is 5.73 Å². The number of nitrogens with two attached hydrogens (primary N) is 1.